The van der Waals surface area contributed by atoms with Crippen molar-refractivity contribution in [3.05, 3.63) is 0 Å². The van der Waals surface area contributed by atoms with E-state index in [2.05, 4.69) is 13.8 Å². The molecule has 0 bridgehead atoms. The SMILES string of the molecule is CC1C[C@H](C)CCO1. The fraction of sp³-hybridized carbons (Fsp3) is 1.00. The summed E-state index contributed by atoms with van der Waals surface area (Å²) in [7, 11) is 0. The van der Waals surface area contributed by atoms with Gasteiger partial charge in [0.1, 0.15) is 0 Å². The van der Waals surface area contributed by atoms with Gasteiger partial charge in [-0.2, -0.15) is 0 Å². The van der Waals surface area contributed by atoms with E-state index in [1.165, 1.54) is 12.8 Å². The average Bonchev–Trinajstić information content (AvgIpc) is 1.64. The van der Waals surface area contributed by atoms with Gasteiger partial charge in [0, 0.05) is 6.61 Å². The van der Waals surface area contributed by atoms with Gasteiger partial charge in [0.15, 0.2) is 0 Å². The molecule has 0 aromatic heterocycles. The number of hydrogen-bond donors (Lipinski definition) is 0. The normalized spacial score (nSPS) is 39.8. The topological polar surface area (TPSA) is 9.23 Å². The largest absolute Gasteiger partial charge is 0.378 e. The first-order chi connectivity index (χ1) is 3.79. The lowest BCUT2D eigenvalue weighted by Gasteiger charge is -2.23. The van der Waals surface area contributed by atoms with Gasteiger partial charge in [-0.05, 0) is 25.7 Å². The van der Waals surface area contributed by atoms with Crippen molar-refractivity contribution in [2.24, 2.45) is 5.92 Å². The molecule has 0 aliphatic carbocycles. The Morgan fingerprint density at radius 3 is 2.50 bits per heavy atom. The molecule has 0 amide bonds. The minimum absolute atomic E-state index is 0.513. The summed E-state index contributed by atoms with van der Waals surface area (Å²) in [6.07, 6.45) is 3.02. The van der Waals surface area contributed by atoms with Crippen LogP contribution in [-0.4, -0.2) is 12.7 Å². The highest BCUT2D eigenvalue weighted by molar-refractivity contribution is 4.63. The van der Waals surface area contributed by atoms with E-state index in [9.17, 15) is 0 Å². The second-order valence-electron chi connectivity index (χ2n) is 2.81. The van der Waals surface area contributed by atoms with Crippen molar-refractivity contribution in [1.29, 1.82) is 0 Å². The smallest absolute Gasteiger partial charge is 0.0549 e. The van der Waals surface area contributed by atoms with Crippen LogP contribution in [0.25, 0.3) is 0 Å². The summed E-state index contributed by atoms with van der Waals surface area (Å²) >= 11 is 0. The van der Waals surface area contributed by atoms with E-state index < -0.39 is 0 Å². The Labute approximate surface area is 51.0 Å². The lowest BCUT2D eigenvalue weighted by Crippen LogP contribution is -2.20. The van der Waals surface area contributed by atoms with Crippen LogP contribution in [0.2, 0.25) is 0 Å². The molecule has 0 saturated carbocycles. The number of ether oxygens (including phenoxy) is 1. The van der Waals surface area contributed by atoms with Gasteiger partial charge in [-0.15, -0.1) is 0 Å². The van der Waals surface area contributed by atoms with Crippen LogP contribution < -0.4 is 0 Å². The monoisotopic (exact) mass is 114 g/mol. The zero-order chi connectivity index (χ0) is 5.98. The van der Waals surface area contributed by atoms with Gasteiger partial charge in [0.2, 0.25) is 0 Å². The van der Waals surface area contributed by atoms with E-state index in [-0.39, 0.29) is 0 Å². The van der Waals surface area contributed by atoms with Crippen molar-refractivity contribution in [3.63, 3.8) is 0 Å². The van der Waals surface area contributed by atoms with Gasteiger partial charge in [0.05, 0.1) is 6.10 Å². The van der Waals surface area contributed by atoms with Crippen LogP contribution in [-0.2, 0) is 4.74 Å². The van der Waals surface area contributed by atoms with Crippen LogP contribution >= 0.6 is 0 Å². The van der Waals surface area contributed by atoms with Gasteiger partial charge in [-0.1, -0.05) is 6.92 Å². The third kappa shape index (κ3) is 1.48. The Balaban J connectivity index is 2.23. The molecule has 1 nitrogen and oxygen atoms in total. The number of rotatable bonds is 0. The maximum atomic E-state index is 5.35. The van der Waals surface area contributed by atoms with Gasteiger partial charge < -0.3 is 4.74 Å². The Bertz CT molecular complexity index is 62.8. The van der Waals surface area contributed by atoms with Gasteiger partial charge >= 0.3 is 0 Å². The quantitative estimate of drug-likeness (QED) is 0.466. The molecule has 1 saturated heterocycles. The predicted molar refractivity (Wildman–Crippen MR) is 33.8 cm³/mol. The summed E-state index contributed by atoms with van der Waals surface area (Å²) in [5.41, 5.74) is 0. The molecule has 1 aliphatic rings. The van der Waals surface area contributed by atoms with Crippen LogP contribution in [0.1, 0.15) is 26.7 Å². The van der Waals surface area contributed by atoms with E-state index in [0.29, 0.717) is 6.10 Å². The third-order valence-electron chi connectivity index (χ3n) is 1.75. The minimum atomic E-state index is 0.513. The molecule has 0 spiro atoms. The first-order valence-electron chi connectivity index (χ1n) is 3.40. The van der Waals surface area contributed by atoms with Gasteiger partial charge in [-0.3, -0.25) is 0 Å². The molecule has 0 aromatic rings. The molecule has 0 radical (unpaired) electrons. The first kappa shape index (κ1) is 6.09. The second kappa shape index (κ2) is 2.49. The highest BCUT2D eigenvalue weighted by Crippen LogP contribution is 2.18. The Morgan fingerprint density at radius 2 is 2.12 bits per heavy atom. The Hall–Kier alpha value is -0.0400. The summed E-state index contributed by atoms with van der Waals surface area (Å²) in [5, 5.41) is 0. The molecule has 1 unspecified atom stereocenters. The molecule has 1 heterocycles. The van der Waals surface area contributed by atoms with Crippen LogP contribution in [0.15, 0.2) is 0 Å². The van der Waals surface area contributed by atoms with Crippen LogP contribution in [0.3, 0.4) is 0 Å². The van der Waals surface area contributed by atoms with Crippen molar-refractivity contribution in [1.82, 2.24) is 0 Å². The van der Waals surface area contributed by atoms with E-state index >= 15 is 0 Å². The van der Waals surface area contributed by atoms with Gasteiger partial charge in [0.25, 0.3) is 0 Å². The summed E-state index contributed by atoms with van der Waals surface area (Å²) in [6.45, 7) is 5.41. The fourth-order valence-electron chi connectivity index (χ4n) is 1.22. The van der Waals surface area contributed by atoms with Crippen LogP contribution in [0.5, 0.6) is 0 Å². The van der Waals surface area contributed by atoms with E-state index in [4.69, 9.17) is 4.74 Å². The summed E-state index contributed by atoms with van der Waals surface area (Å²) in [6, 6.07) is 0. The molecule has 1 fully saturated rings. The molecule has 1 heteroatoms. The summed E-state index contributed by atoms with van der Waals surface area (Å²) in [4.78, 5) is 0. The Kier molecular flexibility index (Phi) is 1.90. The maximum Gasteiger partial charge on any atom is 0.0549 e. The zero-order valence-electron chi connectivity index (χ0n) is 5.68. The van der Waals surface area contributed by atoms with Crippen LogP contribution in [0, 0.1) is 5.92 Å². The first-order valence-corrected chi connectivity index (χ1v) is 3.40. The van der Waals surface area contributed by atoms with Crippen molar-refractivity contribution in [3.8, 4) is 0 Å². The fourth-order valence-corrected chi connectivity index (χ4v) is 1.22. The van der Waals surface area contributed by atoms with Crippen molar-refractivity contribution < 1.29 is 4.74 Å². The Morgan fingerprint density at radius 1 is 1.38 bits per heavy atom. The molecule has 1 aliphatic heterocycles. The molecular weight excluding hydrogens is 100 g/mol. The zero-order valence-corrected chi connectivity index (χ0v) is 5.68. The molecule has 0 aromatic carbocycles. The predicted octanol–water partition coefficient (Wildman–Crippen LogP) is 1.82. The molecule has 8 heavy (non-hydrogen) atoms. The van der Waals surface area contributed by atoms with Crippen LogP contribution in [0.4, 0.5) is 0 Å². The second-order valence-corrected chi connectivity index (χ2v) is 2.81. The summed E-state index contributed by atoms with van der Waals surface area (Å²) in [5.74, 6) is 0.888. The maximum absolute atomic E-state index is 5.35. The lowest BCUT2D eigenvalue weighted by atomic mass is 9.99. The van der Waals surface area contributed by atoms with E-state index in [1.54, 1.807) is 0 Å². The molecular formula is C7H14O. The molecule has 48 valence electrons. The standard InChI is InChI=1S/C7H14O/c1-6-3-4-8-7(2)5-6/h6-7H,3-5H2,1-2H3/t6-,7?/m1/s1. The van der Waals surface area contributed by atoms with Crippen molar-refractivity contribution in [2.45, 2.75) is 32.8 Å². The van der Waals surface area contributed by atoms with E-state index in [1.807, 2.05) is 0 Å². The number of hydrogen-bond acceptors (Lipinski definition) is 1. The highest BCUT2D eigenvalue weighted by atomic mass is 16.5. The van der Waals surface area contributed by atoms with Crippen molar-refractivity contribution >= 4 is 0 Å². The third-order valence-corrected chi connectivity index (χ3v) is 1.75. The minimum Gasteiger partial charge on any atom is -0.378 e. The van der Waals surface area contributed by atoms with Gasteiger partial charge in [-0.25, -0.2) is 0 Å². The highest BCUT2D eigenvalue weighted by Gasteiger charge is 2.13. The molecule has 0 N–H and O–H groups in total. The van der Waals surface area contributed by atoms with E-state index in [0.717, 1.165) is 12.5 Å². The average molecular weight is 114 g/mol. The van der Waals surface area contributed by atoms with Crippen molar-refractivity contribution in [2.75, 3.05) is 6.61 Å². The molecule has 2 atom stereocenters. The summed E-state index contributed by atoms with van der Waals surface area (Å²) < 4.78 is 5.35. The molecule has 1 rings (SSSR count). The lowest BCUT2D eigenvalue weighted by molar-refractivity contribution is 0.00682.